The van der Waals surface area contributed by atoms with Crippen molar-refractivity contribution in [1.29, 1.82) is 0 Å². The summed E-state index contributed by atoms with van der Waals surface area (Å²) in [4.78, 5) is 31.5. The first-order chi connectivity index (χ1) is 16.1. The number of anilines is 1. The summed E-state index contributed by atoms with van der Waals surface area (Å²) in [7, 11) is 0. The molecule has 0 bridgehead atoms. The summed E-state index contributed by atoms with van der Waals surface area (Å²) in [6.45, 7) is 0.406. The van der Waals surface area contributed by atoms with Crippen LogP contribution in [0.2, 0.25) is 0 Å². The van der Waals surface area contributed by atoms with Gasteiger partial charge in [0, 0.05) is 24.5 Å². The van der Waals surface area contributed by atoms with Crippen LogP contribution in [0, 0.1) is 0 Å². The third-order valence-electron chi connectivity index (χ3n) is 5.43. The number of benzene rings is 3. The van der Waals surface area contributed by atoms with Gasteiger partial charge in [0.2, 0.25) is 5.91 Å². The van der Waals surface area contributed by atoms with Crippen LogP contribution in [0.1, 0.15) is 18.4 Å². The van der Waals surface area contributed by atoms with E-state index in [2.05, 4.69) is 40.6 Å². The van der Waals surface area contributed by atoms with E-state index >= 15 is 0 Å². The molecule has 2 amide bonds. The predicted molar refractivity (Wildman–Crippen MR) is 141 cm³/mol. The molecule has 2 heterocycles. The summed E-state index contributed by atoms with van der Waals surface area (Å²) in [6.07, 6.45) is 4.42. The smallest absolute Gasteiger partial charge is 0.266 e. The predicted octanol–water partition coefficient (Wildman–Crippen LogP) is 6.07. The Kier molecular flexibility index (Phi) is 6.22. The molecule has 1 fully saturated rings. The lowest BCUT2D eigenvalue weighted by Gasteiger charge is -2.14. The average Bonchev–Trinajstić information content (AvgIpc) is 3.42. The van der Waals surface area contributed by atoms with Crippen molar-refractivity contribution >= 4 is 84.2 Å². The fourth-order valence-electron chi connectivity index (χ4n) is 3.89. The van der Waals surface area contributed by atoms with Gasteiger partial charge in [-0.1, -0.05) is 72.5 Å². The normalized spacial score (nSPS) is 15.2. The van der Waals surface area contributed by atoms with Crippen molar-refractivity contribution in [3.8, 4) is 0 Å². The molecule has 5 rings (SSSR count). The summed E-state index contributed by atoms with van der Waals surface area (Å²) in [5.74, 6) is -0.226. The van der Waals surface area contributed by atoms with Gasteiger partial charge in [-0.2, -0.15) is 0 Å². The Morgan fingerprint density at radius 2 is 1.79 bits per heavy atom. The Morgan fingerprint density at radius 3 is 2.45 bits per heavy atom. The van der Waals surface area contributed by atoms with Gasteiger partial charge >= 0.3 is 0 Å². The third kappa shape index (κ3) is 4.55. The molecule has 1 N–H and O–H groups in total. The SMILES string of the molecule is O=C(CCCN1C(=O)/C(=C/c2c3ccccc3cc3ccccc23)SC1=S)Nc1nccs1. The summed E-state index contributed by atoms with van der Waals surface area (Å²) in [5.41, 5.74) is 1.02. The van der Waals surface area contributed by atoms with Crippen LogP contribution in [0.25, 0.3) is 27.6 Å². The largest absolute Gasteiger partial charge is 0.302 e. The van der Waals surface area contributed by atoms with E-state index < -0.39 is 0 Å². The van der Waals surface area contributed by atoms with Gasteiger partial charge in [0.25, 0.3) is 5.91 Å². The monoisotopic (exact) mass is 489 g/mol. The molecule has 1 aromatic heterocycles. The van der Waals surface area contributed by atoms with Gasteiger partial charge in [-0.25, -0.2) is 4.98 Å². The first-order valence-corrected chi connectivity index (χ1v) is 12.6. The minimum absolute atomic E-state index is 0.109. The second-order valence-electron chi connectivity index (χ2n) is 7.55. The molecule has 0 atom stereocenters. The van der Waals surface area contributed by atoms with Crippen molar-refractivity contribution < 1.29 is 9.59 Å². The number of nitrogens with zero attached hydrogens (tertiary/aromatic N) is 2. The number of nitrogens with one attached hydrogen (secondary N) is 1. The van der Waals surface area contributed by atoms with Crippen molar-refractivity contribution in [2.75, 3.05) is 11.9 Å². The second kappa shape index (κ2) is 9.43. The first kappa shape index (κ1) is 21.8. The Morgan fingerprint density at radius 1 is 1.09 bits per heavy atom. The van der Waals surface area contributed by atoms with Gasteiger partial charge in [-0.15, -0.1) is 11.3 Å². The molecule has 0 aliphatic carbocycles. The number of carbonyl (C=O) groups is 2. The van der Waals surface area contributed by atoms with Crippen LogP contribution in [0.3, 0.4) is 0 Å². The average molecular weight is 490 g/mol. The number of thiocarbonyl (C=S) groups is 1. The van der Waals surface area contributed by atoms with Crippen LogP contribution < -0.4 is 5.32 Å². The van der Waals surface area contributed by atoms with Gasteiger partial charge in [0.05, 0.1) is 4.91 Å². The maximum absolute atomic E-state index is 13.2. The lowest BCUT2D eigenvalue weighted by molar-refractivity contribution is -0.122. The van der Waals surface area contributed by atoms with Crippen LogP contribution in [0.4, 0.5) is 5.13 Å². The molecule has 33 heavy (non-hydrogen) atoms. The van der Waals surface area contributed by atoms with Crippen LogP contribution in [-0.4, -0.2) is 32.6 Å². The van der Waals surface area contributed by atoms with E-state index in [9.17, 15) is 9.59 Å². The topological polar surface area (TPSA) is 62.3 Å². The summed E-state index contributed by atoms with van der Waals surface area (Å²) in [5, 5.41) is 9.60. The molecule has 0 saturated carbocycles. The van der Waals surface area contributed by atoms with Gasteiger partial charge in [0.15, 0.2) is 5.13 Å². The zero-order valence-electron chi connectivity index (χ0n) is 17.5. The van der Waals surface area contributed by atoms with Crippen molar-refractivity contribution in [1.82, 2.24) is 9.88 Å². The standard InChI is InChI=1S/C25H19N3O2S3/c29-22(27-24-26-11-13-32-24)10-5-12-28-23(30)21(33-25(28)31)15-20-18-8-3-1-6-16(18)14-17-7-2-4-9-19(17)20/h1-4,6-9,11,13-15H,5,10,12H2,(H,26,27,29)/b21-15-. The number of rotatable bonds is 6. The molecule has 8 heteroatoms. The summed E-state index contributed by atoms with van der Waals surface area (Å²) in [6, 6.07) is 18.6. The van der Waals surface area contributed by atoms with E-state index in [1.165, 1.54) is 23.1 Å². The first-order valence-electron chi connectivity index (χ1n) is 10.5. The zero-order chi connectivity index (χ0) is 22.8. The Balaban J connectivity index is 1.36. The van der Waals surface area contributed by atoms with Crippen molar-refractivity contribution in [3.05, 3.63) is 76.6 Å². The van der Waals surface area contributed by atoms with Crippen LogP contribution in [0.5, 0.6) is 0 Å². The number of aromatic nitrogens is 1. The molecular formula is C25H19N3O2S3. The number of thiazole rings is 1. The fraction of sp³-hybridized carbons (Fsp3) is 0.120. The highest BCUT2D eigenvalue weighted by Crippen LogP contribution is 2.36. The van der Waals surface area contributed by atoms with Crippen molar-refractivity contribution in [2.45, 2.75) is 12.8 Å². The minimum atomic E-state index is -0.117. The van der Waals surface area contributed by atoms with Crippen LogP contribution >= 0.6 is 35.3 Å². The highest BCUT2D eigenvalue weighted by Gasteiger charge is 2.32. The second-order valence-corrected chi connectivity index (χ2v) is 10.1. The molecule has 1 saturated heterocycles. The van der Waals surface area contributed by atoms with E-state index in [1.54, 1.807) is 16.5 Å². The minimum Gasteiger partial charge on any atom is -0.302 e. The molecule has 4 aromatic rings. The molecular weight excluding hydrogens is 470 g/mol. The fourth-order valence-corrected chi connectivity index (χ4v) is 5.73. The lowest BCUT2D eigenvalue weighted by Crippen LogP contribution is -2.29. The van der Waals surface area contributed by atoms with Gasteiger partial charge in [-0.05, 0) is 45.7 Å². The Labute approximate surface area is 204 Å². The zero-order valence-corrected chi connectivity index (χ0v) is 19.9. The van der Waals surface area contributed by atoms with Gasteiger partial charge < -0.3 is 5.32 Å². The van der Waals surface area contributed by atoms with E-state index in [0.29, 0.717) is 33.7 Å². The number of amides is 2. The maximum Gasteiger partial charge on any atom is 0.266 e. The molecule has 1 aliphatic heterocycles. The van der Waals surface area contributed by atoms with E-state index in [0.717, 1.165) is 27.1 Å². The number of hydrogen-bond donors (Lipinski definition) is 1. The van der Waals surface area contributed by atoms with Crippen LogP contribution in [0.15, 0.2) is 71.1 Å². The summed E-state index contributed by atoms with van der Waals surface area (Å²) < 4.78 is 0.524. The Bertz CT molecular complexity index is 1360. The quantitative estimate of drug-likeness (QED) is 0.202. The number of fused-ring (bicyclic) bond motifs is 2. The highest BCUT2D eigenvalue weighted by molar-refractivity contribution is 8.26. The van der Waals surface area contributed by atoms with Gasteiger partial charge in [-0.3, -0.25) is 14.5 Å². The van der Waals surface area contributed by atoms with Crippen molar-refractivity contribution in [2.24, 2.45) is 0 Å². The third-order valence-corrected chi connectivity index (χ3v) is 7.49. The van der Waals surface area contributed by atoms with E-state index in [-0.39, 0.29) is 11.8 Å². The number of thioether (sulfide) groups is 1. The highest BCUT2D eigenvalue weighted by atomic mass is 32.2. The number of hydrogen-bond acceptors (Lipinski definition) is 6. The maximum atomic E-state index is 13.2. The van der Waals surface area contributed by atoms with E-state index in [4.69, 9.17) is 12.2 Å². The molecule has 0 spiro atoms. The molecule has 3 aromatic carbocycles. The summed E-state index contributed by atoms with van der Waals surface area (Å²) >= 11 is 8.18. The van der Waals surface area contributed by atoms with E-state index in [1.807, 2.05) is 30.3 Å². The molecule has 0 unspecified atom stereocenters. The van der Waals surface area contributed by atoms with Crippen LogP contribution in [-0.2, 0) is 9.59 Å². The molecule has 5 nitrogen and oxygen atoms in total. The number of carbonyl (C=O) groups excluding carboxylic acids is 2. The van der Waals surface area contributed by atoms with Crippen molar-refractivity contribution in [3.63, 3.8) is 0 Å². The molecule has 0 radical (unpaired) electrons. The lowest BCUT2D eigenvalue weighted by atomic mass is 9.96. The molecule has 1 aliphatic rings. The Hall–Kier alpha value is -3.07. The molecule has 164 valence electrons. The van der Waals surface area contributed by atoms with Gasteiger partial charge in [0.1, 0.15) is 4.32 Å².